The third kappa shape index (κ3) is 1.96. The molecule has 0 saturated carbocycles. The molecular weight excluding hydrogens is 224 g/mol. The molecule has 1 atom stereocenters. The number of hydrogen-bond acceptors (Lipinski definition) is 4. The predicted octanol–water partition coefficient (Wildman–Crippen LogP) is 1.39. The topological polar surface area (TPSA) is 71.4 Å². The van der Waals surface area contributed by atoms with Crippen LogP contribution in [0.25, 0.3) is 0 Å². The van der Waals surface area contributed by atoms with Gasteiger partial charge in [-0.15, -0.1) is 11.3 Å². The van der Waals surface area contributed by atoms with E-state index in [1.54, 1.807) is 18.4 Å². The van der Waals surface area contributed by atoms with Crippen LogP contribution in [0.5, 0.6) is 0 Å². The van der Waals surface area contributed by atoms with Crippen molar-refractivity contribution < 1.29 is 18.3 Å². The molecule has 1 heterocycles. The second kappa shape index (κ2) is 4.10. The van der Waals surface area contributed by atoms with Gasteiger partial charge in [0, 0.05) is 0 Å². The Bertz CT molecular complexity index is 405. The van der Waals surface area contributed by atoms with Gasteiger partial charge >= 0.3 is 5.97 Å². The Labute approximate surface area is 86.1 Å². The minimum Gasteiger partial charge on any atom is -0.480 e. The van der Waals surface area contributed by atoms with Gasteiger partial charge in [-0.25, -0.2) is 8.42 Å². The first-order chi connectivity index (χ1) is 6.50. The molecule has 0 fully saturated rings. The standard InChI is InChI=1S/C8H10O4S2/c1-2-6(8(9)10)14(11,12)7-4-3-5-13-7/h3-6H,2H2,1H3,(H,9,10). The molecule has 0 radical (unpaired) electrons. The van der Waals surface area contributed by atoms with Crippen molar-refractivity contribution in [2.75, 3.05) is 0 Å². The van der Waals surface area contributed by atoms with Crippen LogP contribution in [0.4, 0.5) is 0 Å². The van der Waals surface area contributed by atoms with Crippen LogP contribution in [0, 0.1) is 0 Å². The Morgan fingerprint density at radius 1 is 1.64 bits per heavy atom. The summed E-state index contributed by atoms with van der Waals surface area (Å²) < 4.78 is 23.5. The molecule has 6 heteroatoms. The fraction of sp³-hybridized carbons (Fsp3) is 0.375. The Hall–Kier alpha value is -0.880. The first-order valence-corrected chi connectivity index (χ1v) is 6.43. The largest absolute Gasteiger partial charge is 0.480 e. The molecule has 1 rings (SSSR count). The van der Waals surface area contributed by atoms with Gasteiger partial charge in [-0.2, -0.15) is 0 Å². The summed E-state index contributed by atoms with van der Waals surface area (Å²) in [7, 11) is -3.69. The number of sulfone groups is 1. The zero-order valence-corrected chi connectivity index (χ0v) is 9.14. The fourth-order valence-electron chi connectivity index (χ4n) is 1.09. The average molecular weight is 234 g/mol. The number of carbonyl (C=O) groups is 1. The molecule has 1 unspecified atom stereocenters. The summed E-state index contributed by atoms with van der Waals surface area (Å²) in [4.78, 5) is 10.7. The molecule has 0 bridgehead atoms. The second-order valence-corrected chi connectivity index (χ2v) is 6.02. The maximum absolute atomic E-state index is 11.7. The summed E-state index contributed by atoms with van der Waals surface area (Å²) in [5.74, 6) is -1.29. The highest BCUT2D eigenvalue weighted by atomic mass is 32.2. The van der Waals surface area contributed by atoms with Crippen molar-refractivity contribution in [2.45, 2.75) is 22.8 Å². The zero-order chi connectivity index (χ0) is 10.8. The molecular formula is C8H10O4S2. The van der Waals surface area contributed by atoms with Gasteiger partial charge in [-0.05, 0) is 17.9 Å². The molecule has 0 aliphatic heterocycles. The van der Waals surface area contributed by atoms with Gasteiger partial charge in [0.2, 0.25) is 9.84 Å². The van der Waals surface area contributed by atoms with E-state index in [2.05, 4.69) is 0 Å². The van der Waals surface area contributed by atoms with Crippen LogP contribution in [0.3, 0.4) is 0 Å². The highest BCUT2D eigenvalue weighted by molar-refractivity contribution is 7.94. The monoisotopic (exact) mass is 234 g/mol. The van der Waals surface area contributed by atoms with E-state index in [1.807, 2.05) is 0 Å². The average Bonchev–Trinajstić information content (AvgIpc) is 2.55. The molecule has 0 aliphatic carbocycles. The van der Waals surface area contributed by atoms with Crippen molar-refractivity contribution in [2.24, 2.45) is 0 Å². The number of thiophene rings is 1. The van der Waals surface area contributed by atoms with E-state index in [0.29, 0.717) is 0 Å². The molecule has 1 aromatic rings. The summed E-state index contributed by atoms with van der Waals surface area (Å²) in [6.07, 6.45) is 0.0789. The molecule has 0 amide bonds. The first-order valence-electron chi connectivity index (χ1n) is 4.00. The Kier molecular flexibility index (Phi) is 3.28. The summed E-state index contributed by atoms with van der Waals surface area (Å²) in [5.41, 5.74) is 0. The van der Waals surface area contributed by atoms with Crippen LogP contribution in [0.2, 0.25) is 0 Å². The highest BCUT2D eigenvalue weighted by Gasteiger charge is 2.32. The number of carboxylic acid groups (broad SMARTS) is 1. The number of rotatable bonds is 4. The zero-order valence-electron chi connectivity index (χ0n) is 7.50. The van der Waals surface area contributed by atoms with Crippen LogP contribution in [0.15, 0.2) is 21.7 Å². The van der Waals surface area contributed by atoms with Crippen LogP contribution in [-0.2, 0) is 14.6 Å². The lowest BCUT2D eigenvalue weighted by atomic mass is 10.3. The molecule has 0 spiro atoms. The van der Waals surface area contributed by atoms with E-state index in [1.165, 1.54) is 6.07 Å². The van der Waals surface area contributed by atoms with Gasteiger partial charge in [-0.1, -0.05) is 13.0 Å². The maximum atomic E-state index is 11.7. The molecule has 1 aromatic heterocycles. The minimum atomic E-state index is -3.69. The SMILES string of the molecule is CCC(C(=O)O)S(=O)(=O)c1cccs1. The van der Waals surface area contributed by atoms with Crippen LogP contribution < -0.4 is 0 Å². The molecule has 0 aromatic carbocycles. The van der Waals surface area contributed by atoms with E-state index in [9.17, 15) is 13.2 Å². The lowest BCUT2D eigenvalue weighted by Gasteiger charge is -2.08. The van der Waals surface area contributed by atoms with Crippen molar-refractivity contribution >= 4 is 27.1 Å². The quantitative estimate of drug-likeness (QED) is 0.854. The van der Waals surface area contributed by atoms with E-state index in [4.69, 9.17) is 5.11 Å². The van der Waals surface area contributed by atoms with E-state index in [-0.39, 0.29) is 10.6 Å². The van der Waals surface area contributed by atoms with Crippen molar-refractivity contribution in [1.82, 2.24) is 0 Å². The van der Waals surface area contributed by atoms with Crippen LogP contribution in [-0.4, -0.2) is 24.7 Å². The number of hydrogen-bond donors (Lipinski definition) is 1. The van der Waals surface area contributed by atoms with E-state index < -0.39 is 21.1 Å². The lowest BCUT2D eigenvalue weighted by molar-refractivity contribution is -0.136. The van der Waals surface area contributed by atoms with E-state index in [0.717, 1.165) is 11.3 Å². The highest BCUT2D eigenvalue weighted by Crippen LogP contribution is 2.22. The second-order valence-electron chi connectivity index (χ2n) is 2.71. The van der Waals surface area contributed by atoms with Crippen molar-refractivity contribution in [3.05, 3.63) is 17.5 Å². The van der Waals surface area contributed by atoms with Crippen LogP contribution in [0.1, 0.15) is 13.3 Å². The van der Waals surface area contributed by atoms with Crippen LogP contribution >= 0.6 is 11.3 Å². The lowest BCUT2D eigenvalue weighted by Crippen LogP contribution is -2.28. The first kappa shape index (κ1) is 11.2. The summed E-state index contributed by atoms with van der Waals surface area (Å²) in [6, 6.07) is 3.01. The molecule has 78 valence electrons. The van der Waals surface area contributed by atoms with Gasteiger partial charge in [0.15, 0.2) is 5.25 Å². The number of carboxylic acids is 1. The maximum Gasteiger partial charge on any atom is 0.322 e. The van der Waals surface area contributed by atoms with Crippen molar-refractivity contribution in [1.29, 1.82) is 0 Å². The summed E-state index contributed by atoms with van der Waals surface area (Å²) in [6.45, 7) is 1.55. The summed E-state index contributed by atoms with van der Waals surface area (Å²) in [5, 5.41) is 9.01. The van der Waals surface area contributed by atoms with Crippen molar-refractivity contribution in [3.63, 3.8) is 0 Å². The Morgan fingerprint density at radius 3 is 2.64 bits per heavy atom. The van der Waals surface area contributed by atoms with Gasteiger partial charge in [-0.3, -0.25) is 4.79 Å². The fourth-order valence-corrected chi connectivity index (χ4v) is 3.85. The Morgan fingerprint density at radius 2 is 2.29 bits per heavy atom. The third-order valence-corrected chi connectivity index (χ3v) is 5.42. The predicted molar refractivity (Wildman–Crippen MR) is 53.2 cm³/mol. The normalized spacial score (nSPS) is 13.8. The number of aliphatic carboxylic acids is 1. The van der Waals surface area contributed by atoms with E-state index >= 15 is 0 Å². The summed E-state index contributed by atoms with van der Waals surface area (Å²) >= 11 is 1.04. The van der Waals surface area contributed by atoms with Gasteiger partial charge in [0.05, 0.1) is 0 Å². The molecule has 14 heavy (non-hydrogen) atoms. The molecule has 0 saturated heterocycles. The minimum absolute atomic E-state index is 0.0789. The van der Waals surface area contributed by atoms with Gasteiger partial charge in [0.25, 0.3) is 0 Å². The molecule has 1 N–H and O–H groups in total. The van der Waals surface area contributed by atoms with Crippen molar-refractivity contribution in [3.8, 4) is 0 Å². The van der Waals surface area contributed by atoms with Gasteiger partial charge in [0.1, 0.15) is 4.21 Å². The smallest absolute Gasteiger partial charge is 0.322 e. The molecule has 0 aliphatic rings. The van der Waals surface area contributed by atoms with Gasteiger partial charge < -0.3 is 5.11 Å². The molecule has 4 nitrogen and oxygen atoms in total. The Balaban J connectivity index is 3.13. The third-order valence-electron chi connectivity index (χ3n) is 1.80.